The van der Waals surface area contributed by atoms with Gasteiger partial charge in [0.1, 0.15) is 0 Å². The van der Waals surface area contributed by atoms with Crippen LogP contribution in [0.15, 0.2) is 36.7 Å². The van der Waals surface area contributed by atoms with Gasteiger partial charge in [0.2, 0.25) is 0 Å². The molecule has 1 aliphatic heterocycles. The number of aryl methyl sites for hydroxylation is 2. The van der Waals surface area contributed by atoms with Gasteiger partial charge in [0.05, 0.1) is 11.8 Å². The van der Waals surface area contributed by atoms with Gasteiger partial charge in [0, 0.05) is 37.9 Å². The Balaban J connectivity index is 1.60. The molecule has 1 fully saturated rings. The zero-order valence-electron chi connectivity index (χ0n) is 13.5. The summed E-state index contributed by atoms with van der Waals surface area (Å²) in [6.07, 6.45) is 5.64. The molecule has 118 valence electrons. The number of piperidine rings is 1. The van der Waals surface area contributed by atoms with E-state index in [-0.39, 0.29) is 0 Å². The van der Waals surface area contributed by atoms with Gasteiger partial charge in [-0.15, -0.1) is 0 Å². The molecule has 0 aliphatic carbocycles. The number of aliphatic hydroxyl groups is 1. The van der Waals surface area contributed by atoms with Crippen molar-refractivity contribution in [3.8, 4) is 0 Å². The summed E-state index contributed by atoms with van der Waals surface area (Å²) in [5.41, 5.74) is 2.87. The highest BCUT2D eigenvalue weighted by molar-refractivity contribution is 5.27. The lowest BCUT2D eigenvalue weighted by atomic mass is 9.84. The quantitative estimate of drug-likeness (QED) is 0.944. The van der Waals surface area contributed by atoms with E-state index < -0.39 is 5.60 Å². The maximum absolute atomic E-state index is 10.9. The third-order valence-electron chi connectivity index (χ3n) is 4.69. The second kappa shape index (κ2) is 6.23. The molecule has 0 saturated carbocycles. The number of likely N-dealkylation sites (tertiary alicyclic amines) is 1. The third-order valence-corrected chi connectivity index (χ3v) is 4.69. The van der Waals surface area contributed by atoms with E-state index in [0.717, 1.165) is 44.6 Å². The number of hydrogen-bond donors (Lipinski definition) is 1. The molecule has 1 aliphatic rings. The minimum Gasteiger partial charge on any atom is -0.385 e. The molecule has 4 nitrogen and oxygen atoms in total. The maximum atomic E-state index is 10.9. The molecule has 3 rings (SSSR count). The Bertz CT molecular complexity index is 610. The van der Waals surface area contributed by atoms with Crippen LogP contribution in [0.5, 0.6) is 0 Å². The summed E-state index contributed by atoms with van der Waals surface area (Å²) in [5.74, 6) is 0. The van der Waals surface area contributed by atoms with Gasteiger partial charge in [-0.1, -0.05) is 29.8 Å². The van der Waals surface area contributed by atoms with E-state index in [1.165, 1.54) is 11.1 Å². The molecule has 0 unspecified atom stereocenters. The van der Waals surface area contributed by atoms with E-state index in [1.54, 1.807) is 0 Å². The fraction of sp³-hybridized carbons (Fsp3) is 0.500. The summed E-state index contributed by atoms with van der Waals surface area (Å²) in [6.45, 7) is 7.84. The van der Waals surface area contributed by atoms with Crippen LogP contribution in [-0.2, 0) is 18.7 Å². The smallest absolute Gasteiger partial charge is 0.0920 e. The summed E-state index contributed by atoms with van der Waals surface area (Å²) >= 11 is 0. The van der Waals surface area contributed by atoms with E-state index in [4.69, 9.17) is 0 Å². The summed E-state index contributed by atoms with van der Waals surface area (Å²) < 4.78 is 1.96. The Morgan fingerprint density at radius 1 is 1.18 bits per heavy atom. The second-order valence-electron chi connectivity index (χ2n) is 6.38. The zero-order chi connectivity index (χ0) is 15.6. The predicted molar refractivity (Wildman–Crippen MR) is 87.5 cm³/mol. The minimum atomic E-state index is -0.669. The Morgan fingerprint density at radius 2 is 1.86 bits per heavy atom. The van der Waals surface area contributed by atoms with Gasteiger partial charge < -0.3 is 5.11 Å². The lowest BCUT2D eigenvalue weighted by Crippen LogP contribution is -2.42. The number of nitrogens with zero attached hydrogens (tertiary/aromatic N) is 3. The SMILES string of the molecule is CCn1cc(CN2CCC(O)(c3ccc(C)cc3)CC2)cn1. The van der Waals surface area contributed by atoms with Crippen molar-refractivity contribution < 1.29 is 5.11 Å². The summed E-state index contributed by atoms with van der Waals surface area (Å²) in [4.78, 5) is 2.40. The fourth-order valence-electron chi connectivity index (χ4n) is 3.15. The zero-order valence-corrected chi connectivity index (χ0v) is 13.5. The topological polar surface area (TPSA) is 41.3 Å². The van der Waals surface area contributed by atoms with Crippen LogP contribution in [0, 0.1) is 6.92 Å². The van der Waals surface area contributed by atoms with Crippen LogP contribution in [-0.4, -0.2) is 32.9 Å². The Labute approximate surface area is 132 Å². The molecule has 0 amide bonds. The van der Waals surface area contributed by atoms with Crippen LogP contribution < -0.4 is 0 Å². The number of rotatable bonds is 4. The number of hydrogen-bond acceptors (Lipinski definition) is 3. The van der Waals surface area contributed by atoms with Gasteiger partial charge >= 0.3 is 0 Å². The molecular weight excluding hydrogens is 274 g/mol. The average molecular weight is 299 g/mol. The second-order valence-corrected chi connectivity index (χ2v) is 6.38. The lowest BCUT2D eigenvalue weighted by Gasteiger charge is -2.38. The van der Waals surface area contributed by atoms with Crippen molar-refractivity contribution in [1.82, 2.24) is 14.7 Å². The molecule has 2 heterocycles. The lowest BCUT2D eigenvalue weighted by molar-refractivity contribution is -0.0277. The van der Waals surface area contributed by atoms with Crippen LogP contribution in [0.2, 0.25) is 0 Å². The first-order chi connectivity index (χ1) is 10.6. The van der Waals surface area contributed by atoms with E-state index in [0.29, 0.717) is 0 Å². The van der Waals surface area contributed by atoms with Crippen LogP contribution >= 0.6 is 0 Å². The average Bonchev–Trinajstić information content (AvgIpc) is 2.98. The molecule has 1 aromatic heterocycles. The highest BCUT2D eigenvalue weighted by atomic mass is 16.3. The normalized spacial score (nSPS) is 18.5. The predicted octanol–water partition coefficient (Wildman–Crippen LogP) is 2.70. The summed E-state index contributed by atoms with van der Waals surface area (Å²) in [5, 5.41) is 15.2. The van der Waals surface area contributed by atoms with Crippen molar-refractivity contribution in [2.75, 3.05) is 13.1 Å². The third kappa shape index (κ3) is 3.23. The van der Waals surface area contributed by atoms with Gasteiger partial charge in [0.15, 0.2) is 0 Å². The van der Waals surface area contributed by atoms with Crippen molar-refractivity contribution >= 4 is 0 Å². The molecule has 4 heteroatoms. The van der Waals surface area contributed by atoms with E-state index in [1.807, 2.05) is 10.9 Å². The maximum Gasteiger partial charge on any atom is 0.0920 e. The summed E-state index contributed by atoms with van der Waals surface area (Å²) in [6, 6.07) is 8.30. The molecule has 0 atom stereocenters. The van der Waals surface area contributed by atoms with Gasteiger partial charge in [-0.3, -0.25) is 9.58 Å². The molecule has 22 heavy (non-hydrogen) atoms. The standard InChI is InChI=1S/C18H25N3O/c1-3-21-14-16(12-19-21)13-20-10-8-18(22,9-11-20)17-6-4-15(2)5-7-17/h4-7,12,14,22H,3,8-11,13H2,1-2H3. The summed E-state index contributed by atoms with van der Waals surface area (Å²) in [7, 11) is 0. The van der Waals surface area contributed by atoms with E-state index in [2.05, 4.69) is 54.3 Å². The molecule has 1 aromatic carbocycles. The van der Waals surface area contributed by atoms with Crippen molar-refractivity contribution in [1.29, 1.82) is 0 Å². The first kappa shape index (κ1) is 15.3. The number of benzene rings is 1. The molecule has 0 bridgehead atoms. The number of aromatic nitrogens is 2. The van der Waals surface area contributed by atoms with Crippen LogP contribution in [0.4, 0.5) is 0 Å². The van der Waals surface area contributed by atoms with Crippen LogP contribution in [0.3, 0.4) is 0 Å². The monoisotopic (exact) mass is 299 g/mol. The van der Waals surface area contributed by atoms with Crippen LogP contribution in [0.25, 0.3) is 0 Å². The van der Waals surface area contributed by atoms with Crippen molar-refractivity contribution in [3.63, 3.8) is 0 Å². The van der Waals surface area contributed by atoms with Gasteiger partial charge in [0.25, 0.3) is 0 Å². The van der Waals surface area contributed by atoms with Gasteiger partial charge in [-0.2, -0.15) is 5.10 Å². The first-order valence-electron chi connectivity index (χ1n) is 8.12. The van der Waals surface area contributed by atoms with E-state index >= 15 is 0 Å². The largest absolute Gasteiger partial charge is 0.385 e. The van der Waals surface area contributed by atoms with Crippen LogP contribution in [0.1, 0.15) is 36.5 Å². The van der Waals surface area contributed by atoms with Crippen molar-refractivity contribution in [2.45, 2.75) is 45.4 Å². The molecule has 1 saturated heterocycles. The molecular formula is C18H25N3O. The minimum absolute atomic E-state index is 0.669. The van der Waals surface area contributed by atoms with Gasteiger partial charge in [-0.05, 0) is 32.3 Å². The van der Waals surface area contributed by atoms with Gasteiger partial charge in [-0.25, -0.2) is 0 Å². The highest BCUT2D eigenvalue weighted by Crippen LogP contribution is 2.33. The molecule has 1 N–H and O–H groups in total. The van der Waals surface area contributed by atoms with E-state index in [9.17, 15) is 5.11 Å². The first-order valence-corrected chi connectivity index (χ1v) is 8.12. The molecule has 2 aromatic rings. The Kier molecular flexibility index (Phi) is 4.32. The highest BCUT2D eigenvalue weighted by Gasteiger charge is 2.33. The Hall–Kier alpha value is -1.65. The van der Waals surface area contributed by atoms with Crippen molar-refractivity contribution in [2.24, 2.45) is 0 Å². The van der Waals surface area contributed by atoms with Crippen molar-refractivity contribution in [3.05, 3.63) is 53.3 Å². The fourth-order valence-corrected chi connectivity index (χ4v) is 3.15. The Morgan fingerprint density at radius 3 is 2.45 bits per heavy atom. The molecule has 0 spiro atoms. The molecule has 0 radical (unpaired) electrons.